The fraction of sp³-hybridized carbons (Fsp3) is 0.222. The summed E-state index contributed by atoms with van der Waals surface area (Å²) in [5.41, 5.74) is 0.0758. The molecule has 0 unspecified atom stereocenters. The van der Waals surface area contributed by atoms with Crippen LogP contribution < -0.4 is 16.0 Å². The molecule has 2 aromatic carbocycles. The second-order valence-electron chi connectivity index (χ2n) is 5.49. The molecular weight excluding hydrogens is 379 g/mol. The van der Waals surface area contributed by atoms with Gasteiger partial charge in [-0.1, -0.05) is 12.1 Å². The predicted octanol–water partition coefficient (Wildman–Crippen LogP) is 3.89. The highest BCUT2D eigenvalue weighted by molar-refractivity contribution is 7.80. The fourth-order valence-electron chi connectivity index (χ4n) is 2.16. The van der Waals surface area contributed by atoms with Crippen molar-refractivity contribution in [3.8, 4) is 0 Å². The highest BCUT2D eigenvalue weighted by atomic mass is 32.1. The van der Waals surface area contributed by atoms with Crippen LogP contribution in [0, 0.1) is 0 Å². The van der Waals surface area contributed by atoms with E-state index in [4.69, 9.17) is 17.0 Å². The number of rotatable bonds is 6. The minimum absolute atomic E-state index is 0.0601. The number of nitrogens with one attached hydrogen (secondary N) is 3. The molecule has 0 saturated heterocycles. The Morgan fingerprint density at radius 2 is 1.74 bits per heavy atom. The summed E-state index contributed by atoms with van der Waals surface area (Å²) in [6.45, 7) is 1.01. The molecular formula is C18H18F3N3O2S. The molecule has 27 heavy (non-hydrogen) atoms. The van der Waals surface area contributed by atoms with Gasteiger partial charge in [-0.3, -0.25) is 4.79 Å². The van der Waals surface area contributed by atoms with Crippen LogP contribution in [0.3, 0.4) is 0 Å². The van der Waals surface area contributed by atoms with E-state index in [1.807, 2.05) is 0 Å². The third-order valence-corrected chi connectivity index (χ3v) is 3.67. The summed E-state index contributed by atoms with van der Waals surface area (Å²) in [5, 5.41) is 8.68. The summed E-state index contributed by atoms with van der Waals surface area (Å²) in [7, 11) is 1.57. The summed E-state index contributed by atoms with van der Waals surface area (Å²) in [5.74, 6) is -0.531. The van der Waals surface area contributed by atoms with Crippen LogP contribution in [-0.4, -0.2) is 31.3 Å². The molecule has 0 atom stereocenters. The number of amides is 1. The van der Waals surface area contributed by atoms with E-state index in [0.717, 1.165) is 12.1 Å². The Hall–Kier alpha value is -2.65. The molecule has 144 valence electrons. The Bertz CT molecular complexity index is 812. The molecule has 2 rings (SSSR count). The van der Waals surface area contributed by atoms with Crippen molar-refractivity contribution in [3.63, 3.8) is 0 Å². The number of carbonyl (C=O) groups excluding carboxylic acids is 1. The zero-order chi connectivity index (χ0) is 19.9. The van der Waals surface area contributed by atoms with E-state index < -0.39 is 17.6 Å². The van der Waals surface area contributed by atoms with Gasteiger partial charge in [-0.25, -0.2) is 0 Å². The zero-order valence-electron chi connectivity index (χ0n) is 14.4. The molecule has 9 heteroatoms. The number of halogens is 3. The van der Waals surface area contributed by atoms with Crippen molar-refractivity contribution in [3.05, 3.63) is 59.7 Å². The van der Waals surface area contributed by atoms with Gasteiger partial charge in [0, 0.05) is 30.6 Å². The molecule has 3 N–H and O–H groups in total. The van der Waals surface area contributed by atoms with Gasteiger partial charge in [-0.15, -0.1) is 0 Å². The Morgan fingerprint density at radius 3 is 2.41 bits per heavy atom. The number of methoxy groups -OCH3 is 1. The molecule has 0 aliphatic heterocycles. The number of thiocarbonyl (C=S) groups is 1. The number of hydrogen-bond donors (Lipinski definition) is 3. The lowest BCUT2D eigenvalue weighted by Crippen LogP contribution is -2.31. The molecule has 2 aromatic rings. The lowest BCUT2D eigenvalue weighted by molar-refractivity contribution is -0.137. The van der Waals surface area contributed by atoms with Crippen molar-refractivity contribution in [1.29, 1.82) is 0 Å². The van der Waals surface area contributed by atoms with Gasteiger partial charge in [-0.2, -0.15) is 13.2 Å². The smallest absolute Gasteiger partial charge is 0.383 e. The molecule has 0 aromatic heterocycles. The SMILES string of the molecule is COCCNC(=S)Nc1cccc(C(=O)Nc2cccc(C(F)(F)F)c2)c1. The van der Waals surface area contributed by atoms with Crippen molar-refractivity contribution < 1.29 is 22.7 Å². The molecule has 0 aliphatic rings. The summed E-state index contributed by atoms with van der Waals surface area (Å²) in [6, 6.07) is 10.9. The first-order chi connectivity index (χ1) is 12.8. The van der Waals surface area contributed by atoms with E-state index in [-0.39, 0.29) is 11.3 Å². The van der Waals surface area contributed by atoms with E-state index >= 15 is 0 Å². The van der Waals surface area contributed by atoms with Crippen LogP contribution in [0.4, 0.5) is 24.5 Å². The highest BCUT2D eigenvalue weighted by Gasteiger charge is 2.30. The lowest BCUT2D eigenvalue weighted by Gasteiger charge is -2.12. The van der Waals surface area contributed by atoms with Crippen LogP contribution in [0.15, 0.2) is 48.5 Å². The zero-order valence-corrected chi connectivity index (χ0v) is 15.2. The van der Waals surface area contributed by atoms with Gasteiger partial charge in [0.25, 0.3) is 5.91 Å². The summed E-state index contributed by atoms with van der Waals surface area (Å²) < 4.78 is 43.2. The second-order valence-corrected chi connectivity index (χ2v) is 5.90. The van der Waals surface area contributed by atoms with Gasteiger partial charge in [-0.05, 0) is 48.6 Å². The minimum Gasteiger partial charge on any atom is -0.383 e. The molecule has 1 amide bonds. The molecule has 0 heterocycles. The fourth-order valence-corrected chi connectivity index (χ4v) is 2.38. The quantitative estimate of drug-likeness (QED) is 0.510. The number of benzene rings is 2. The molecule has 0 spiro atoms. The Morgan fingerprint density at radius 1 is 1.07 bits per heavy atom. The standard InChI is InChI=1S/C18H18F3N3O2S/c1-26-9-8-22-17(27)24-14-6-2-4-12(10-14)16(25)23-15-7-3-5-13(11-15)18(19,20)21/h2-7,10-11H,8-9H2,1H3,(H,23,25)(H2,22,24,27). The van der Waals surface area contributed by atoms with Crippen molar-refractivity contribution in [2.45, 2.75) is 6.18 Å². The first-order valence-corrected chi connectivity index (χ1v) is 8.33. The van der Waals surface area contributed by atoms with E-state index in [9.17, 15) is 18.0 Å². The number of hydrogen-bond acceptors (Lipinski definition) is 3. The van der Waals surface area contributed by atoms with Crippen LogP contribution in [-0.2, 0) is 10.9 Å². The second kappa shape index (κ2) is 9.33. The van der Waals surface area contributed by atoms with E-state index in [1.165, 1.54) is 12.1 Å². The third-order valence-electron chi connectivity index (χ3n) is 3.42. The van der Waals surface area contributed by atoms with Gasteiger partial charge in [0.15, 0.2) is 5.11 Å². The number of carbonyl (C=O) groups is 1. The molecule has 0 saturated carbocycles. The molecule has 5 nitrogen and oxygen atoms in total. The monoisotopic (exact) mass is 397 g/mol. The normalized spacial score (nSPS) is 11.0. The van der Waals surface area contributed by atoms with Crippen molar-refractivity contribution in [1.82, 2.24) is 5.32 Å². The van der Waals surface area contributed by atoms with Crippen LogP contribution in [0.2, 0.25) is 0 Å². The van der Waals surface area contributed by atoms with Crippen molar-refractivity contribution in [2.24, 2.45) is 0 Å². The maximum atomic E-state index is 12.8. The van der Waals surface area contributed by atoms with Gasteiger partial charge < -0.3 is 20.7 Å². The number of ether oxygens (including phenoxy) is 1. The average molecular weight is 397 g/mol. The first-order valence-electron chi connectivity index (χ1n) is 7.92. The van der Waals surface area contributed by atoms with E-state index in [0.29, 0.717) is 24.0 Å². The maximum Gasteiger partial charge on any atom is 0.416 e. The maximum absolute atomic E-state index is 12.8. The summed E-state index contributed by atoms with van der Waals surface area (Å²) in [6.07, 6.45) is -4.48. The van der Waals surface area contributed by atoms with Crippen LogP contribution in [0.1, 0.15) is 15.9 Å². The van der Waals surface area contributed by atoms with Gasteiger partial charge in [0.2, 0.25) is 0 Å². The van der Waals surface area contributed by atoms with Crippen LogP contribution in [0.5, 0.6) is 0 Å². The average Bonchev–Trinajstić information content (AvgIpc) is 2.61. The van der Waals surface area contributed by atoms with Crippen LogP contribution >= 0.6 is 12.2 Å². The van der Waals surface area contributed by atoms with Gasteiger partial charge >= 0.3 is 6.18 Å². The highest BCUT2D eigenvalue weighted by Crippen LogP contribution is 2.30. The molecule has 0 radical (unpaired) electrons. The number of anilines is 2. The van der Waals surface area contributed by atoms with Gasteiger partial charge in [0.1, 0.15) is 0 Å². The Labute approximate surface area is 159 Å². The van der Waals surface area contributed by atoms with Crippen molar-refractivity contribution >= 4 is 34.6 Å². The lowest BCUT2D eigenvalue weighted by atomic mass is 10.1. The van der Waals surface area contributed by atoms with E-state index in [2.05, 4.69) is 16.0 Å². The van der Waals surface area contributed by atoms with Gasteiger partial charge in [0.05, 0.1) is 12.2 Å². The van der Waals surface area contributed by atoms with E-state index in [1.54, 1.807) is 31.4 Å². The van der Waals surface area contributed by atoms with Crippen LogP contribution in [0.25, 0.3) is 0 Å². The minimum atomic E-state index is -4.48. The third kappa shape index (κ3) is 6.54. The largest absolute Gasteiger partial charge is 0.416 e. The molecule has 0 bridgehead atoms. The molecule has 0 aliphatic carbocycles. The predicted molar refractivity (Wildman–Crippen MR) is 102 cm³/mol. The summed E-state index contributed by atoms with van der Waals surface area (Å²) in [4.78, 5) is 12.3. The molecule has 0 fully saturated rings. The Balaban J connectivity index is 2.04. The topological polar surface area (TPSA) is 62.4 Å². The Kier molecular flexibility index (Phi) is 7.14. The summed E-state index contributed by atoms with van der Waals surface area (Å²) >= 11 is 5.13. The first kappa shape index (κ1) is 20.7. The van der Waals surface area contributed by atoms with Crippen molar-refractivity contribution in [2.75, 3.05) is 30.9 Å². The number of alkyl halides is 3.